The fourth-order valence-electron chi connectivity index (χ4n) is 2.02. The normalized spacial score (nSPS) is 13.2. The van der Waals surface area contributed by atoms with Gasteiger partial charge in [0.25, 0.3) is 0 Å². The number of hydrogen-bond acceptors (Lipinski definition) is 3. The minimum atomic E-state index is -0.265. The zero-order valence-electron chi connectivity index (χ0n) is 12.4. The van der Waals surface area contributed by atoms with Crippen molar-refractivity contribution < 1.29 is 9.53 Å². The summed E-state index contributed by atoms with van der Waals surface area (Å²) in [7, 11) is 3.47. The molecule has 0 radical (unpaired) electrons. The van der Waals surface area contributed by atoms with Crippen LogP contribution in [0.2, 0.25) is 0 Å². The minimum absolute atomic E-state index is 0. The van der Waals surface area contributed by atoms with Crippen LogP contribution >= 0.6 is 12.4 Å². The predicted molar refractivity (Wildman–Crippen MR) is 83.9 cm³/mol. The zero-order valence-corrected chi connectivity index (χ0v) is 13.2. The van der Waals surface area contributed by atoms with Gasteiger partial charge in [0.15, 0.2) is 0 Å². The third-order valence-electron chi connectivity index (χ3n) is 3.33. The van der Waals surface area contributed by atoms with E-state index in [-0.39, 0.29) is 30.3 Å². The van der Waals surface area contributed by atoms with Crippen LogP contribution in [-0.4, -0.2) is 38.1 Å². The molecule has 5 heteroatoms. The monoisotopic (exact) mass is 300 g/mol. The van der Waals surface area contributed by atoms with Gasteiger partial charge < -0.3 is 15.4 Å². The first-order valence-corrected chi connectivity index (χ1v) is 6.62. The van der Waals surface area contributed by atoms with Crippen LogP contribution in [0, 0.1) is 5.92 Å². The Balaban J connectivity index is 0.00000361. The van der Waals surface area contributed by atoms with Crippen LogP contribution in [-0.2, 0) is 9.53 Å². The van der Waals surface area contributed by atoms with Gasteiger partial charge in [-0.1, -0.05) is 37.3 Å². The molecule has 114 valence electrons. The first kappa shape index (κ1) is 18.9. The van der Waals surface area contributed by atoms with E-state index in [9.17, 15) is 4.79 Å². The van der Waals surface area contributed by atoms with Crippen LogP contribution < -0.4 is 5.73 Å². The fraction of sp³-hybridized carbons (Fsp3) is 0.533. The summed E-state index contributed by atoms with van der Waals surface area (Å²) in [4.78, 5) is 14.0. The van der Waals surface area contributed by atoms with Gasteiger partial charge >= 0.3 is 0 Å². The van der Waals surface area contributed by atoms with E-state index < -0.39 is 0 Å². The van der Waals surface area contributed by atoms with Gasteiger partial charge in [0, 0.05) is 33.4 Å². The second kappa shape index (κ2) is 9.75. The Morgan fingerprint density at radius 3 is 2.50 bits per heavy atom. The molecule has 0 aliphatic heterocycles. The summed E-state index contributed by atoms with van der Waals surface area (Å²) in [6, 6.07) is 9.47. The van der Waals surface area contributed by atoms with E-state index in [1.54, 1.807) is 12.0 Å². The number of carbonyl (C=O) groups is 1. The van der Waals surface area contributed by atoms with E-state index in [1.807, 2.05) is 44.3 Å². The highest BCUT2D eigenvalue weighted by Gasteiger charge is 2.24. The van der Waals surface area contributed by atoms with Crippen molar-refractivity contribution in [2.24, 2.45) is 11.7 Å². The van der Waals surface area contributed by atoms with E-state index in [0.29, 0.717) is 13.2 Å². The number of amides is 1. The third kappa shape index (κ3) is 5.49. The smallest absolute Gasteiger partial charge is 0.227 e. The minimum Gasteiger partial charge on any atom is -0.385 e. The van der Waals surface area contributed by atoms with Gasteiger partial charge in [-0.3, -0.25) is 4.79 Å². The van der Waals surface area contributed by atoms with Crippen LogP contribution in [0.1, 0.15) is 24.9 Å². The highest BCUT2D eigenvalue weighted by atomic mass is 35.5. The van der Waals surface area contributed by atoms with Crippen molar-refractivity contribution in [1.29, 1.82) is 0 Å². The largest absolute Gasteiger partial charge is 0.385 e. The van der Waals surface area contributed by atoms with Crippen LogP contribution in [0.5, 0.6) is 0 Å². The Bertz CT molecular complexity index is 387. The summed E-state index contributed by atoms with van der Waals surface area (Å²) < 4.78 is 4.99. The van der Waals surface area contributed by atoms with Crippen LogP contribution in [0.15, 0.2) is 30.3 Å². The lowest BCUT2D eigenvalue weighted by atomic mass is 9.94. The number of rotatable bonds is 7. The molecule has 1 aromatic rings. The molecule has 0 aliphatic carbocycles. The van der Waals surface area contributed by atoms with Gasteiger partial charge in [0.05, 0.1) is 5.92 Å². The summed E-state index contributed by atoms with van der Waals surface area (Å²) in [6.45, 7) is 3.24. The predicted octanol–water partition coefficient (Wildman–Crippen LogP) is 2.24. The van der Waals surface area contributed by atoms with Gasteiger partial charge in [0.1, 0.15) is 0 Å². The molecule has 4 nitrogen and oxygen atoms in total. The lowest BCUT2D eigenvalue weighted by molar-refractivity contribution is -0.134. The van der Waals surface area contributed by atoms with Crippen molar-refractivity contribution in [3.8, 4) is 0 Å². The molecule has 1 rings (SSSR count). The molecule has 1 amide bonds. The molecule has 0 aliphatic rings. The summed E-state index contributed by atoms with van der Waals surface area (Å²) in [5.41, 5.74) is 7.15. The zero-order chi connectivity index (χ0) is 14.3. The molecule has 20 heavy (non-hydrogen) atoms. The molecular formula is C15H25ClN2O2. The fourth-order valence-corrected chi connectivity index (χ4v) is 2.02. The van der Waals surface area contributed by atoms with E-state index in [1.165, 1.54) is 0 Å². The summed E-state index contributed by atoms with van der Waals surface area (Å²) >= 11 is 0. The maximum Gasteiger partial charge on any atom is 0.227 e. The van der Waals surface area contributed by atoms with Crippen molar-refractivity contribution >= 4 is 18.3 Å². The molecule has 0 heterocycles. The number of ether oxygens (including phenoxy) is 1. The highest BCUT2D eigenvalue weighted by Crippen LogP contribution is 2.20. The molecule has 0 saturated carbocycles. The number of halogens is 1. The van der Waals surface area contributed by atoms with E-state index in [0.717, 1.165) is 12.0 Å². The Kier molecular flexibility index (Phi) is 9.21. The van der Waals surface area contributed by atoms with Gasteiger partial charge in [-0.05, 0) is 12.0 Å². The van der Waals surface area contributed by atoms with Gasteiger partial charge in [0.2, 0.25) is 5.91 Å². The van der Waals surface area contributed by atoms with E-state index in [4.69, 9.17) is 10.5 Å². The third-order valence-corrected chi connectivity index (χ3v) is 3.33. The summed E-state index contributed by atoms with van der Waals surface area (Å²) in [6.07, 6.45) is 0.839. The number of nitrogens with two attached hydrogens (primary N) is 1. The number of nitrogens with zero attached hydrogens (tertiary/aromatic N) is 1. The van der Waals surface area contributed by atoms with Crippen LogP contribution in [0.3, 0.4) is 0 Å². The Morgan fingerprint density at radius 1 is 1.35 bits per heavy atom. The van der Waals surface area contributed by atoms with Crippen molar-refractivity contribution in [3.05, 3.63) is 35.9 Å². The quantitative estimate of drug-likeness (QED) is 0.786. The molecule has 2 N–H and O–H groups in total. The van der Waals surface area contributed by atoms with Crippen LogP contribution in [0.25, 0.3) is 0 Å². The standard InChI is InChI=1S/C15H24N2O2.ClH/c1-12(14(16)13-8-5-4-6-9-13)15(18)17(2)10-7-11-19-3;/h4-6,8-9,12,14H,7,10-11,16H2,1-3H3;1H. The molecule has 0 spiro atoms. The average molecular weight is 301 g/mol. The SMILES string of the molecule is COCCCN(C)C(=O)C(C)C(N)c1ccccc1.Cl. The molecule has 0 saturated heterocycles. The summed E-state index contributed by atoms with van der Waals surface area (Å²) in [5, 5.41) is 0. The Hall–Kier alpha value is -1.10. The van der Waals surface area contributed by atoms with Crippen molar-refractivity contribution in [2.45, 2.75) is 19.4 Å². The molecule has 2 unspecified atom stereocenters. The second-order valence-corrected chi connectivity index (χ2v) is 4.83. The maximum atomic E-state index is 12.3. The number of hydrogen-bond donors (Lipinski definition) is 1. The van der Waals surface area contributed by atoms with Gasteiger partial charge in [-0.2, -0.15) is 0 Å². The lowest BCUT2D eigenvalue weighted by Crippen LogP contribution is -2.37. The number of methoxy groups -OCH3 is 1. The van der Waals surface area contributed by atoms with E-state index >= 15 is 0 Å². The topological polar surface area (TPSA) is 55.6 Å². The molecule has 1 aromatic carbocycles. The van der Waals surface area contributed by atoms with Crippen molar-refractivity contribution in [1.82, 2.24) is 4.90 Å². The lowest BCUT2D eigenvalue weighted by Gasteiger charge is -2.25. The average Bonchev–Trinajstić information content (AvgIpc) is 2.46. The van der Waals surface area contributed by atoms with Gasteiger partial charge in [-0.25, -0.2) is 0 Å². The molecular weight excluding hydrogens is 276 g/mol. The first-order valence-electron chi connectivity index (χ1n) is 6.62. The first-order chi connectivity index (χ1) is 9.07. The van der Waals surface area contributed by atoms with E-state index in [2.05, 4.69) is 0 Å². The molecule has 2 atom stereocenters. The van der Waals surface area contributed by atoms with Gasteiger partial charge in [-0.15, -0.1) is 12.4 Å². The van der Waals surface area contributed by atoms with Crippen LogP contribution in [0.4, 0.5) is 0 Å². The molecule has 0 fully saturated rings. The molecule has 0 aromatic heterocycles. The Labute approximate surface area is 127 Å². The summed E-state index contributed by atoms with van der Waals surface area (Å²) in [5.74, 6) is -0.151. The number of benzene rings is 1. The maximum absolute atomic E-state index is 12.3. The van der Waals surface area contributed by atoms with Crippen molar-refractivity contribution in [3.63, 3.8) is 0 Å². The molecule has 0 bridgehead atoms. The highest BCUT2D eigenvalue weighted by molar-refractivity contribution is 5.85. The number of carbonyl (C=O) groups excluding carboxylic acids is 1. The second-order valence-electron chi connectivity index (χ2n) is 4.83. The van der Waals surface area contributed by atoms with Crippen molar-refractivity contribution in [2.75, 3.05) is 27.3 Å². The Morgan fingerprint density at radius 2 is 1.95 bits per heavy atom.